The summed E-state index contributed by atoms with van der Waals surface area (Å²) in [6.45, 7) is 0.435. The number of aryl methyl sites for hydroxylation is 1. The van der Waals surface area contributed by atoms with E-state index in [1.54, 1.807) is 10.8 Å². The Bertz CT molecular complexity index is 902. The number of hydrogen-bond acceptors (Lipinski definition) is 2. The van der Waals surface area contributed by atoms with Crippen molar-refractivity contribution in [2.75, 3.05) is 0 Å². The molecule has 0 atom stereocenters. The molecule has 0 aliphatic carbocycles. The topological polar surface area (TPSA) is 48.1 Å². The van der Waals surface area contributed by atoms with Gasteiger partial charge in [-0.3, -0.25) is 10.1 Å². The van der Waals surface area contributed by atoms with Gasteiger partial charge in [-0.15, -0.1) is 0 Å². The second-order valence-electron chi connectivity index (χ2n) is 5.84. The highest BCUT2D eigenvalue weighted by atomic mass is 19.4. The first-order chi connectivity index (χ1) is 11.8. The summed E-state index contributed by atoms with van der Waals surface area (Å²) in [6.07, 6.45) is -3.66. The van der Waals surface area contributed by atoms with Gasteiger partial charge in [0.15, 0.2) is 0 Å². The molecule has 2 aromatic carbocycles. The Morgan fingerprint density at radius 2 is 1.80 bits per heavy atom. The van der Waals surface area contributed by atoms with Crippen LogP contribution in [0.25, 0.3) is 10.9 Å². The highest BCUT2D eigenvalue weighted by Gasteiger charge is 2.27. The summed E-state index contributed by atoms with van der Waals surface area (Å²) in [7, 11) is 0. The molecular weight excluding hydrogens is 333 g/mol. The number of non-ortho nitro benzene ring substituents is 1. The molecule has 0 spiro atoms. The van der Waals surface area contributed by atoms with Crippen molar-refractivity contribution in [3.05, 3.63) is 76.0 Å². The Kier molecular flexibility index (Phi) is 4.48. The van der Waals surface area contributed by atoms with Crippen molar-refractivity contribution in [3.8, 4) is 0 Å². The van der Waals surface area contributed by atoms with Gasteiger partial charge in [-0.25, -0.2) is 0 Å². The van der Waals surface area contributed by atoms with Crippen molar-refractivity contribution in [2.24, 2.45) is 0 Å². The minimum absolute atomic E-state index is 0.0812. The van der Waals surface area contributed by atoms with E-state index in [1.165, 1.54) is 18.2 Å². The van der Waals surface area contributed by atoms with Crippen molar-refractivity contribution in [1.82, 2.24) is 4.57 Å². The smallest absolute Gasteiger partial charge is 0.343 e. The third kappa shape index (κ3) is 3.99. The zero-order valence-corrected chi connectivity index (χ0v) is 13.2. The minimum Gasteiger partial charge on any atom is -0.343 e. The Hall–Kier alpha value is -2.83. The lowest BCUT2D eigenvalue weighted by molar-refractivity contribution is -0.384. The molecule has 0 N–H and O–H groups in total. The first-order valence-corrected chi connectivity index (χ1v) is 7.70. The van der Waals surface area contributed by atoms with Crippen LogP contribution in [0.3, 0.4) is 0 Å². The third-order valence-electron chi connectivity index (χ3n) is 4.03. The van der Waals surface area contributed by atoms with Crippen LogP contribution >= 0.6 is 0 Å². The molecule has 0 saturated heterocycles. The molecule has 4 nitrogen and oxygen atoms in total. The summed E-state index contributed by atoms with van der Waals surface area (Å²) in [4.78, 5) is 10.5. The van der Waals surface area contributed by atoms with E-state index in [0.29, 0.717) is 23.0 Å². The van der Waals surface area contributed by atoms with E-state index in [1.807, 2.05) is 30.3 Å². The van der Waals surface area contributed by atoms with Gasteiger partial charge in [0, 0.05) is 36.7 Å². The maximum absolute atomic E-state index is 12.6. The molecule has 0 aliphatic rings. The first kappa shape index (κ1) is 17.0. The largest absolute Gasteiger partial charge is 0.389 e. The molecule has 0 aliphatic heterocycles. The molecular formula is C18H15F3N2O2. The number of halogens is 3. The Morgan fingerprint density at radius 3 is 2.44 bits per heavy atom. The van der Waals surface area contributed by atoms with E-state index in [-0.39, 0.29) is 12.1 Å². The molecule has 0 radical (unpaired) electrons. The average Bonchev–Trinajstić information content (AvgIpc) is 2.90. The van der Waals surface area contributed by atoms with Crippen LogP contribution in [0.1, 0.15) is 17.5 Å². The maximum atomic E-state index is 12.6. The van der Waals surface area contributed by atoms with Crippen LogP contribution in [0.4, 0.5) is 18.9 Å². The fraction of sp³-hybridized carbons (Fsp3) is 0.222. The quantitative estimate of drug-likeness (QED) is 0.476. The van der Waals surface area contributed by atoms with Crippen LogP contribution in [0.2, 0.25) is 0 Å². The molecule has 130 valence electrons. The van der Waals surface area contributed by atoms with Crippen LogP contribution in [-0.4, -0.2) is 15.7 Å². The number of alkyl halides is 3. The standard InChI is InChI=1S/C18H15F3N2O2/c19-18(20,21)9-8-14-12-22(11-13-4-2-1-3-5-13)17-10-15(23(24)25)6-7-16(14)17/h1-7,10,12H,8-9,11H2. The molecule has 0 bridgehead atoms. The van der Waals surface area contributed by atoms with Gasteiger partial charge in [0.25, 0.3) is 5.69 Å². The summed E-state index contributed by atoms with van der Waals surface area (Å²) in [5, 5.41) is 11.6. The van der Waals surface area contributed by atoms with Gasteiger partial charge in [0.2, 0.25) is 0 Å². The van der Waals surface area contributed by atoms with E-state index < -0.39 is 17.5 Å². The zero-order chi connectivity index (χ0) is 18.0. The summed E-state index contributed by atoms with van der Waals surface area (Å²) < 4.78 is 39.5. The Morgan fingerprint density at radius 1 is 1.08 bits per heavy atom. The summed E-state index contributed by atoms with van der Waals surface area (Å²) in [5.41, 5.74) is 1.99. The van der Waals surface area contributed by atoms with Crippen molar-refractivity contribution >= 4 is 16.6 Å². The monoisotopic (exact) mass is 348 g/mol. The lowest BCUT2D eigenvalue weighted by Gasteiger charge is -2.05. The third-order valence-corrected chi connectivity index (χ3v) is 4.03. The van der Waals surface area contributed by atoms with Gasteiger partial charge in [0.05, 0.1) is 10.4 Å². The number of nitrogens with zero attached hydrogens (tertiary/aromatic N) is 2. The van der Waals surface area contributed by atoms with Gasteiger partial charge < -0.3 is 4.57 Å². The van der Waals surface area contributed by atoms with Crippen molar-refractivity contribution in [1.29, 1.82) is 0 Å². The van der Waals surface area contributed by atoms with Gasteiger partial charge in [0.1, 0.15) is 0 Å². The molecule has 0 unspecified atom stereocenters. The Labute approximate surface area is 141 Å². The number of rotatable bonds is 5. The molecule has 3 aromatic rings. The van der Waals surface area contributed by atoms with Gasteiger partial charge >= 0.3 is 6.18 Å². The van der Waals surface area contributed by atoms with Crippen LogP contribution in [0.15, 0.2) is 54.7 Å². The van der Waals surface area contributed by atoms with E-state index in [4.69, 9.17) is 0 Å². The highest BCUT2D eigenvalue weighted by molar-refractivity contribution is 5.86. The molecule has 7 heteroatoms. The Balaban J connectivity index is 2.03. The number of benzene rings is 2. The number of fused-ring (bicyclic) bond motifs is 1. The molecule has 0 saturated carbocycles. The summed E-state index contributed by atoms with van der Waals surface area (Å²) in [6, 6.07) is 13.7. The normalized spacial score (nSPS) is 11.8. The predicted molar refractivity (Wildman–Crippen MR) is 88.5 cm³/mol. The fourth-order valence-electron chi connectivity index (χ4n) is 2.86. The van der Waals surface area contributed by atoms with Crippen LogP contribution < -0.4 is 0 Å². The van der Waals surface area contributed by atoms with E-state index in [9.17, 15) is 23.3 Å². The number of hydrogen-bond donors (Lipinski definition) is 0. The summed E-state index contributed by atoms with van der Waals surface area (Å²) in [5.74, 6) is 0. The summed E-state index contributed by atoms with van der Waals surface area (Å²) >= 11 is 0. The van der Waals surface area contributed by atoms with Crippen molar-refractivity contribution in [3.63, 3.8) is 0 Å². The van der Waals surface area contributed by atoms with Gasteiger partial charge in [-0.2, -0.15) is 13.2 Å². The van der Waals surface area contributed by atoms with Gasteiger partial charge in [-0.1, -0.05) is 30.3 Å². The molecule has 3 rings (SSSR count). The minimum atomic E-state index is -4.24. The second kappa shape index (κ2) is 6.58. The average molecular weight is 348 g/mol. The van der Waals surface area contributed by atoms with E-state index in [2.05, 4.69) is 0 Å². The van der Waals surface area contributed by atoms with E-state index in [0.717, 1.165) is 5.56 Å². The lowest BCUT2D eigenvalue weighted by atomic mass is 10.1. The number of nitro benzene ring substituents is 1. The predicted octanol–water partition coefficient (Wildman–Crippen LogP) is 5.09. The number of aromatic nitrogens is 1. The van der Waals surface area contributed by atoms with Crippen LogP contribution in [0.5, 0.6) is 0 Å². The molecule has 0 amide bonds. The number of nitro groups is 1. The van der Waals surface area contributed by atoms with E-state index >= 15 is 0 Å². The maximum Gasteiger partial charge on any atom is 0.389 e. The van der Waals surface area contributed by atoms with Crippen LogP contribution in [-0.2, 0) is 13.0 Å². The SMILES string of the molecule is O=[N+]([O-])c1ccc2c(CCC(F)(F)F)cn(Cc3ccccc3)c2c1. The highest BCUT2D eigenvalue weighted by Crippen LogP contribution is 2.30. The zero-order valence-electron chi connectivity index (χ0n) is 13.2. The van der Waals surface area contributed by atoms with Crippen molar-refractivity contribution < 1.29 is 18.1 Å². The second-order valence-corrected chi connectivity index (χ2v) is 5.84. The van der Waals surface area contributed by atoms with Crippen LogP contribution in [0, 0.1) is 10.1 Å². The first-order valence-electron chi connectivity index (χ1n) is 7.70. The van der Waals surface area contributed by atoms with Gasteiger partial charge in [-0.05, 0) is 23.6 Å². The lowest BCUT2D eigenvalue weighted by Crippen LogP contribution is -2.08. The van der Waals surface area contributed by atoms with Crippen molar-refractivity contribution in [2.45, 2.75) is 25.6 Å². The molecule has 0 fully saturated rings. The molecule has 1 aromatic heterocycles. The molecule has 25 heavy (non-hydrogen) atoms. The fourth-order valence-corrected chi connectivity index (χ4v) is 2.86. The molecule has 1 heterocycles.